The van der Waals surface area contributed by atoms with Crippen molar-refractivity contribution in [3.63, 3.8) is 0 Å². The van der Waals surface area contributed by atoms with Crippen molar-refractivity contribution < 1.29 is 14.1 Å². The maximum atomic E-state index is 12.9. The van der Waals surface area contributed by atoms with Gasteiger partial charge in [-0.1, -0.05) is 6.92 Å². The number of likely N-dealkylation sites (tertiary alicyclic amines) is 1. The van der Waals surface area contributed by atoms with E-state index in [9.17, 15) is 4.79 Å². The van der Waals surface area contributed by atoms with Crippen LogP contribution in [0.5, 0.6) is 0 Å². The van der Waals surface area contributed by atoms with E-state index < -0.39 is 5.60 Å². The number of piperidine rings is 1. The molecule has 1 fully saturated rings. The van der Waals surface area contributed by atoms with E-state index >= 15 is 0 Å². The number of hydrogen-bond donors (Lipinski definition) is 0. The van der Waals surface area contributed by atoms with Gasteiger partial charge in [-0.05, 0) is 71.8 Å². The van der Waals surface area contributed by atoms with Crippen molar-refractivity contribution in [2.75, 3.05) is 26.7 Å². The molecule has 6 heteroatoms. The summed E-state index contributed by atoms with van der Waals surface area (Å²) in [5.41, 5.74) is 2.68. The maximum absolute atomic E-state index is 12.9. The van der Waals surface area contributed by atoms with Crippen LogP contribution in [-0.4, -0.2) is 63.3 Å². The molecule has 6 nitrogen and oxygen atoms in total. The Bertz CT molecular complexity index is 969. The molecule has 0 spiro atoms. The number of fused-ring (bicyclic) bond motifs is 1. The zero-order chi connectivity index (χ0) is 21.5. The Labute approximate surface area is 179 Å². The van der Waals surface area contributed by atoms with Crippen LogP contribution in [0.4, 0.5) is 4.79 Å². The van der Waals surface area contributed by atoms with Crippen LogP contribution in [0.3, 0.4) is 0 Å². The number of carbonyl (C=O) groups excluding carboxylic acids is 1. The zero-order valence-corrected chi connectivity index (χ0v) is 19.0. The predicted octanol–water partition coefficient (Wildman–Crippen LogP) is 4.47. The summed E-state index contributed by atoms with van der Waals surface area (Å²) < 4.78 is 9.69. The van der Waals surface area contributed by atoms with Gasteiger partial charge in [0.05, 0.1) is 11.6 Å². The van der Waals surface area contributed by atoms with Gasteiger partial charge in [-0.15, -0.1) is 4.58 Å². The summed E-state index contributed by atoms with van der Waals surface area (Å²) in [6.07, 6.45) is 6.28. The minimum Gasteiger partial charge on any atom is -0.406 e. The summed E-state index contributed by atoms with van der Waals surface area (Å²) in [6, 6.07) is 6.82. The van der Waals surface area contributed by atoms with Crippen LogP contribution in [0, 0.1) is 5.92 Å². The summed E-state index contributed by atoms with van der Waals surface area (Å²) in [7, 11) is 2.18. The molecule has 1 amide bonds. The van der Waals surface area contributed by atoms with Crippen LogP contribution in [-0.2, 0) is 4.74 Å². The third-order valence-corrected chi connectivity index (χ3v) is 6.14. The molecule has 1 aromatic carbocycles. The Kier molecular flexibility index (Phi) is 5.71. The molecule has 0 bridgehead atoms. The molecule has 0 radical (unpaired) electrons. The van der Waals surface area contributed by atoms with Gasteiger partial charge in [0.2, 0.25) is 0 Å². The van der Waals surface area contributed by atoms with Crippen LogP contribution < -0.4 is 0 Å². The molecular formula is C24H35N4O2+. The summed E-state index contributed by atoms with van der Waals surface area (Å²) in [4.78, 5) is 15.3. The van der Waals surface area contributed by atoms with E-state index in [2.05, 4.69) is 47.9 Å². The van der Waals surface area contributed by atoms with E-state index in [1.807, 2.05) is 25.3 Å². The molecule has 0 unspecified atom stereocenters. The average Bonchev–Trinajstić information content (AvgIpc) is 3.10. The van der Waals surface area contributed by atoms with Gasteiger partial charge in [0, 0.05) is 36.0 Å². The molecule has 162 valence electrons. The second kappa shape index (κ2) is 8.14. The van der Waals surface area contributed by atoms with E-state index in [0.29, 0.717) is 18.5 Å². The molecule has 3 heterocycles. The number of hydrogen-bond acceptors (Lipinski definition) is 4. The Morgan fingerprint density at radius 1 is 1.27 bits per heavy atom. The van der Waals surface area contributed by atoms with Crippen molar-refractivity contribution in [1.82, 2.24) is 14.7 Å². The van der Waals surface area contributed by atoms with Gasteiger partial charge in [-0.3, -0.25) is 4.68 Å². The molecule has 4 rings (SSSR count). The lowest BCUT2D eigenvalue weighted by atomic mass is 9.94. The Morgan fingerprint density at radius 3 is 2.80 bits per heavy atom. The molecule has 2 aromatic rings. The predicted molar refractivity (Wildman–Crippen MR) is 119 cm³/mol. The Hall–Kier alpha value is -2.21. The summed E-state index contributed by atoms with van der Waals surface area (Å²) in [5.74, 6) is 0.469. The van der Waals surface area contributed by atoms with Crippen LogP contribution in [0.15, 0.2) is 24.4 Å². The van der Waals surface area contributed by atoms with Crippen molar-refractivity contribution >= 4 is 22.7 Å². The van der Waals surface area contributed by atoms with E-state index in [1.54, 1.807) is 0 Å². The first-order chi connectivity index (χ1) is 14.2. The second-order valence-electron chi connectivity index (χ2n) is 10.1. The fraction of sp³-hybridized carbons (Fsp3) is 0.625. The normalized spacial score (nSPS) is 23.8. The van der Waals surface area contributed by atoms with E-state index in [4.69, 9.17) is 9.84 Å². The van der Waals surface area contributed by atoms with Crippen LogP contribution in [0.25, 0.3) is 10.9 Å². The van der Waals surface area contributed by atoms with Gasteiger partial charge in [0.15, 0.2) is 12.3 Å². The first kappa shape index (κ1) is 21.0. The topological polar surface area (TPSA) is 50.4 Å². The van der Waals surface area contributed by atoms with E-state index in [1.165, 1.54) is 19.4 Å². The summed E-state index contributed by atoms with van der Waals surface area (Å²) >= 11 is 0. The fourth-order valence-electron chi connectivity index (χ4n) is 4.60. The fourth-order valence-corrected chi connectivity index (χ4v) is 4.60. The quantitative estimate of drug-likeness (QED) is 0.684. The van der Waals surface area contributed by atoms with Crippen LogP contribution in [0.1, 0.15) is 65.0 Å². The van der Waals surface area contributed by atoms with Gasteiger partial charge in [0.1, 0.15) is 5.60 Å². The maximum Gasteiger partial charge on any atom is 0.597 e. The highest BCUT2D eigenvalue weighted by atomic mass is 16.6. The van der Waals surface area contributed by atoms with Crippen molar-refractivity contribution in [3.8, 4) is 0 Å². The summed E-state index contributed by atoms with van der Waals surface area (Å²) in [6.45, 7) is 10.9. The number of benzene rings is 1. The van der Waals surface area contributed by atoms with Gasteiger partial charge in [-0.2, -0.15) is 9.89 Å². The first-order valence-corrected chi connectivity index (χ1v) is 11.2. The molecule has 2 aliphatic heterocycles. The van der Waals surface area contributed by atoms with Gasteiger partial charge >= 0.3 is 6.09 Å². The lowest BCUT2D eigenvalue weighted by molar-refractivity contribution is -0.463. The smallest absolute Gasteiger partial charge is 0.406 e. The van der Waals surface area contributed by atoms with Crippen molar-refractivity contribution in [1.29, 1.82) is 0 Å². The molecule has 30 heavy (non-hydrogen) atoms. The second-order valence-corrected chi connectivity index (χ2v) is 10.1. The molecule has 0 aliphatic carbocycles. The SMILES string of the molecule is C[C@H]1CCC(c2ccc3nn([C@@H]4CCCN(C)C4)cc3c2)=[N+](C(=O)OC(C)(C)C)C1. The van der Waals surface area contributed by atoms with Crippen molar-refractivity contribution in [2.45, 2.75) is 65.0 Å². The Morgan fingerprint density at radius 2 is 2.07 bits per heavy atom. The third-order valence-electron chi connectivity index (χ3n) is 6.14. The molecule has 0 N–H and O–H groups in total. The minimum atomic E-state index is -0.499. The van der Waals surface area contributed by atoms with Gasteiger partial charge in [0.25, 0.3) is 0 Å². The number of carbonyl (C=O) groups is 1. The average molecular weight is 412 g/mol. The molecule has 1 aromatic heterocycles. The summed E-state index contributed by atoms with van der Waals surface area (Å²) in [5, 5.41) is 5.98. The largest absolute Gasteiger partial charge is 0.597 e. The molecule has 2 atom stereocenters. The molecule has 1 saturated heterocycles. The number of amides is 1. The molecule has 0 saturated carbocycles. The van der Waals surface area contributed by atoms with Crippen molar-refractivity contribution in [3.05, 3.63) is 30.0 Å². The standard InChI is InChI=1S/C24H35N4O2/c1-17-8-11-22(27(14-17)23(29)30-24(2,3)4)18-9-10-21-19(13-18)15-28(25-21)20-7-6-12-26(5)16-20/h9-10,13,15,17,20H,6-8,11-12,14,16H2,1-5H3/q+1/t17-,20+/m0/s1. The Balaban J connectivity index is 1.67. The zero-order valence-electron chi connectivity index (χ0n) is 19.0. The van der Waals surface area contributed by atoms with Crippen LogP contribution >= 0.6 is 0 Å². The lowest BCUT2D eigenvalue weighted by Crippen LogP contribution is -2.39. The van der Waals surface area contributed by atoms with E-state index in [0.717, 1.165) is 41.6 Å². The number of nitrogens with zero attached hydrogens (tertiary/aromatic N) is 4. The number of rotatable bonds is 2. The van der Waals surface area contributed by atoms with Gasteiger partial charge < -0.3 is 9.64 Å². The number of likely N-dealkylation sites (N-methyl/N-ethyl adjacent to an activating group) is 1. The van der Waals surface area contributed by atoms with Crippen LogP contribution in [0.2, 0.25) is 0 Å². The highest BCUT2D eigenvalue weighted by molar-refractivity contribution is 6.01. The first-order valence-electron chi connectivity index (χ1n) is 11.2. The van der Waals surface area contributed by atoms with Crippen molar-refractivity contribution in [2.24, 2.45) is 5.92 Å². The lowest BCUT2D eigenvalue weighted by Gasteiger charge is -2.29. The highest BCUT2D eigenvalue weighted by Crippen LogP contribution is 2.25. The number of ether oxygens (including phenoxy) is 1. The minimum absolute atomic E-state index is 0.245. The molecular weight excluding hydrogens is 376 g/mol. The third kappa shape index (κ3) is 4.59. The molecule has 2 aliphatic rings. The monoisotopic (exact) mass is 411 g/mol. The number of aromatic nitrogens is 2. The highest BCUT2D eigenvalue weighted by Gasteiger charge is 2.35. The van der Waals surface area contributed by atoms with Gasteiger partial charge in [-0.25, -0.2) is 0 Å². The van der Waals surface area contributed by atoms with E-state index in [-0.39, 0.29) is 6.09 Å².